The summed E-state index contributed by atoms with van der Waals surface area (Å²) in [6, 6.07) is 14.3. The van der Waals surface area contributed by atoms with E-state index in [1.54, 1.807) is 0 Å². The van der Waals surface area contributed by atoms with Gasteiger partial charge in [-0.1, -0.05) is 36.8 Å². The van der Waals surface area contributed by atoms with Crippen LogP contribution in [0.3, 0.4) is 0 Å². The van der Waals surface area contributed by atoms with Crippen LogP contribution in [0.15, 0.2) is 42.5 Å². The van der Waals surface area contributed by atoms with E-state index >= 15 is 0 Å². The molecule has 26 heavy (non-hydrogen) atoms. The largest absolute Gasteiger partial charge is 0.494 e. The molecule has 1 amide bonds. The first kappa shape index (κ1) is 18.3. The van der Waals surface area contributed by atoms with Crippen LogP contribution in [-0.2, 0) is 11.2 Å². The minimum absolute atomic E-state index is 0.0358. The molecule has 3 rings (SSSR count). The summed E-state index contributed by atoms with van der Waals surface area (Å²) in [6.07, 6.45) is 2.99. The maximum atomic E-state index is 12.3. The molecule has 4 heteroatoms. The Balaban J connectivity index is 1.44. The Labute approximate surface area is 155 Å². The van der Waals surface area contributed by atoms with Crippen molar-refractivity contribution in [3.63, 3.8) is 0 Å². The second-order valence-electron chi connectivity index (χ2n) is 6.75. The summed E-state index contributed by atoms with van der Waals surface area (Å²) in [5.74, 6) is 1.80. The Hall–Kier alpha value is -2.49. The van der Waals surface area contributed by atoms with Crippen LogP contribution < -0.4 is 14.8 Å². The van der Waals surface area contributed by atoms with Crippen LogP contribution in [0.1, 0.15) is 48.9 Å². The highest BCUT2D eigenvalue weighted by Crippen LogP contribution is 2.32. The summed E-state index contributed by atoms with van der Waals surface area (Å²) in [7, 11) is 0. The maximum Gasteiger partial charge on any atom is 0.220 e. The van der Waals surface area contributed by atoms with Gasteiger partial charge in [0, 0.05) is 18.4 Å². The van der Waals surface area contributed by atoms with Crippen molar-refractivity contribution < 1.29 is 14.3 Å². The fourth-order valence-corrected chi connectivity index (χ4v) is 3.17. The van der Waals surface area contributed by atoms with Gasteiger partial charge in [-0.05, 0) is 43.5 Å². The van der Waals surface area contributed by atoms with Crippen LogP contribution in [0.25, 0.3) is 0 Å². The third-order valence-corrected chi connectivity index (χ3v) is 4.69. The number of nitrogens with one attached hydrogen (secondary N) is 1. The van der Waals surface area contributed by atoms with Gasteiger partial charge in [-0.3, -0.25) is 4.79 Å². The lowest BCUT2D eigenvalue weighted by Crippen LogP contribution is -2.32. The molecule has 2 aromatic rings. The van der Waals surface area contributed by atoms with Crippen molar-refractivity contribution in [1.82, 2.24) is 5.32 Å². The molecule has 0 aromatic heterocycles. The van der Waals surface area contributed by atoms with Gasteiger partial charge in [0.1, 0.15) is 11.5 Å². The third-order valence-electron chi connectivity index (χ3n) is 4.69. The monoisotopic (exact) mass is 353 g/mol. The molecule has 0 aliphatic carbocycles. The minimum Gasteiger partial charge on any atom is -0.494 e. The molecule has 0 saturated heterocycles. The van der Waals surface area contributed by atoms with Gasteiger partial charge in [0.05, 0.1) is 19.3 Å². The number of amides is 1. The Bertz CT molecular complexity index is 740. The highest BCUT2D eigenvalue weighted by Gasteiger charge is 2.22. The molecule has 0 fully saturated rings. The summed E-state index contributed by atoms with van der Waals surface area (Å²) in [5, 5.41) is 3.14. The van der Waals surface area contributed by atoms with Crippen LogP contribution >= 0.6 is 0 Å². The fraction of sp³-hybridized carbons (Fsp3) is 0.409. The van der Waals surface area contributed by atoms with Crippen LogP contribution in [0.2, 0.25) is 0 Å². The number of aryl methyl sites for hydroxylation is 2. The summed E-state index contributed by atoms with van der Waals surface area (Å²) < 4.78 is 11.4. The smallest absolute Gasteiger partial charge is 0.220 e. The van der Waals surface area contributed by atoms with Gasteiger partial charge < -0.3 is 14.8 Å². The topological polar surface area (TPSA) is 47.6 Å². The van der Waals surface area contributed by atoms with Gasteiger partial charge in [-0.25, -0.2) is 0 Å². The number of fused-ring (bicyclic) bond motifs is 1. The fourth-order valence-electron chi connectivity index (χ4n) is 3.17. The van der Waals surface area contributed by atoms with Crippen LogP contribution in [0, 0.1) is 6.92 Å². The van der Waals surface area contributed by atoms with Gasteiger partial charge in [-0.2, -0.15) is 0 Å². The van der Waals surface area contributed by atoms with E-state index in [2.05, 4.69) is 37.4 Å². The molecule has 1 aliphatic heterocycles. The summed E-state index contributed by atoms with van der Waals surface area (Å²) in [5.41, 5.74) is 3.55. The molecule has 0 saturated carbocycles. The number of carbonyl (C=O) groups is 1. The lowest BCUT2D eigenvalue weighted by Gasteiger charge is -2.27. The van der Waals surface area contributed by atoms with Gasteiger partial charge in [0.25, 0.3) is 0 Å². The van der Waals surface area contributed by atoms with E-state index in [0.29, 0.717) is 26.1 Å². The molecular formula is C22H27NO3. The van der Waals surface area contributed by atoms with Gasteiger partial charge >= 0.3 is 0 Å². The molecule has 4 nitrogen and oxygen atoms in total. The molecule has 0 radical (unpaired) electrons. The number of benzene rings is 2. The predicted octanol–water partition coefficient (Wildman–Crippen LogP) is 4.36. The van der Waals surface area contributed by atoms with Gasteiger partial charge in [-0.15, -0.1) is 0 Å². The van der Waals surface area contributed by atoms with E-state index in [0.717, 1.165) is 29.9 Å². The quantitative estimate of drug-likeness (QED) is 0.753. The van der Waals surface area contributed by atoms with Crippen molar-refractivity contribution in [2.24, 2.45) is 0 Å². The summed E-state index contributed by atoms with van der Waals surface area (Å²) >= 11 is 0. The third kappa shape index (κ3) is 4.78. The molecule has 2 aromatic carbocycles. The summed E-state index contributed by atoms with van der Waals surface area (Å²) in [4.78, 5) is 12.3. The second kappa shape index (κ2) is 8.75. The standard InChI is InChI=1S/C22H27NO3/c1-3-17-7-9-18(10-8-17)25-13-4-5-22(24)23-20-12-14-26-21-11-6-16(2)15-19(20)21/h6-11,15,20H,3-5,12-14H2,1-2H3,(H,23,24). The molecule has 0 bridgehead atoms. The molecule has 1 atom stereocenters. The predicted molar refractivity (Wildman–Crippen MR) is 103 cm³/mol. The first-order valence-electron chi connectivity index (χ1n) is 9.40. The van der Waals surface area contributed by atoms with E-state index in [1.807, 2.05) is 24.3 Å². The van der Waals surface area contributed by atoms with Crippen molar-refractivity contribution in [3.8, 4) is 11.5 Å². The van der Waals surface area contributed by atoms with Crippen molar-refractivity contribution in [1.29, 1.82) is 0 Å². The average molecular weight is 353 g/mol. The highest BCUT2D eigenvalue weighted by atomic mass is 16.5. The van der Waals surface area contributed by atoms with Gasteiger partial charge in [0.15, 0.2) is 0 Å². The van der Waals surface area contributed by atoms with E-state index in [1.165, 1.54) is 11.1 Å². The molecule has 138 valence electrons. The average Bonchev–Trinajstić information content (AvgIpc) is 2.66. The van der Waals surface area contributed by atoms with Crippen molar-refractivity contribution >= 4 is 5.91 Å². The molecule has 1 aliphatic rings. The zero-order valence-electron chi connectivity index (χ0n) is 15.6. The van der Waals surface area contributed by atoms with Crippen LogP contribution in [0.5, 0.6) is 11.5 Å². The normalized spacial score (nSPS) is 15.7. The Morgan fingerprint density at radius 3 is 2.81 bits per heavy atom. The minimum atomic E-state index is 0.0358. The van der Waals surface area contributed by atoms with Gasteiger partial charge in [0.2, 0.25) is 5.91 Å². The lowest BCUT2D eigenvalue weighted by molar-refractivity contribution is -0.122. The first-order chi connectivity index (χ1) is 12.7. The number of hydrogen-bond donors (Lipinski definition) is 1. The molecule has 1 N–H and O–H groups in total. The highest BCUT2D eigenvalue weighted by molar-refractivity contribution is 5.76. The molecule has 1 heterocycles. The second-order valence-corrected chi connectivity index (χ2v) is 6.75. The zero-order chi connectivity index (χ0) is 18.4. The van der Waals surface area contributed by atoms with Crippen LogP contribution in [0.4, 0.5) is 0 Å². The first-order valence-corrected chi connectivity index (χ1v) is 9.40. The number of carbonyl (C=O) groups excluding carboxylic acids is 1. The number of ether oxygens (including phenoxy) is 2. The maximum absolute atomic E-state index is 12.3. The zero-order valence-corrected chi connectivity index (χ0v) is 15.6. The van der Waals surface area contributed by atoms with Crippen molar-refractivity contribution in [3.05, 3.63) is 59.2 Å². The number of rotatable bonds is 7. The molecule has 1 unspecified atom stereocenters. The van der Waals surface area contributed by atoms with E-state index < -0.39 is 0 Å². The van der Waals surface area contributed by atoms with Crippen LogP contribution in [-0.4, -0.2) is 19.1 Å². The lowest BCUT2D eigenvalue weighted by atomic mass is 9.98. The van der Waals surface area contributed by atoms with Crippen molar-refractivity contribution in [2.75, 3.05) is 13.2 Å². The summed E-state index contributed by atoms with van der Waals surface area (Å²) in [6.45, 7) is 5.37. The molecular weight excluding hydrogens is 326 g/mol. The van der Waals surface area contributed by atoms with E-state index in [4.69, 9.17) is 9.47 Å². The Kier molecular flexibility index (Phi) is 6.16. The Morgan fingerprint density at radius 2 is 2.04 bits per heavy atom. The van der Waals surface area contributed by atoms with Crippen molar-refractivity contribution in [2.45, 2.75) is 45.6 Å². The SMILES string of the molecule is CCc1ccc(OCCCC(=O)NC2CCOc3ccc(C)cc32)cc1. The number of hydrogen-bond acceptors (Lipinski definition) is 3. The van der Waals surface area contributed by atoms with E-state index in [-0.39, 0.29) is 11.9 Å². The molecule has 0 spiro atoms. The van der Waals surface area contributed by atoms with E-state index in [9.17, 15) is 4.79 Å². The Morgan fingerprint density at radius 1 is 1.23 bits per heavy atom.